The van der Waals surface area contributed by atoms with Crippen LogP contribution in [-0.4, -0.2) is 32.2 Å². The predicted octanol–water partition coefficient (Wildman–Crippen LogP) is -1.50. The Balaban J connectivity index is 2.58. The molecule has 0 spiro atoms. The number of nitrogens with zero attached hydrogens (tertiary/aromatic N) is 4. The standard InChI is InChI=1S/C5H10N6O/c1-3(6)4(12)7-5-8-10-11(2)9-5/h3H,6H2,1-2H3,(H,7,9,12)/t3-/m0/s1. The number of aryl methyl sites for hydroxylation is 1. The highest BCUT2D eigenvalue weighted by Crippen LogP contribution is 1.92. The first-order valence-electron chi connectivity index (χ1n) is 3.40. The SMILES string of the molecule is C[C@H](N)C(=O)Nc1nnn(C)n1. The van der Waals surface area contributed by atoms with E-state index in [1.54, 1.807) is 14.0 Å². The summed E-state index contributed by atoms with van der Waals surface area (Å²) in [5, 5.41) is 13.2. The largest absolute Gasteiger partial charge is 0.320 e. The normalized spacial score (nSPS) is 12.6. The molecule has 1 amide bonds. The van der Waals surface area contributed by atoms with E-state index >= 15 is 0 Å². The number of tetrazole rings is 1. The summed E-state index contributed by atoms with van der Waals surface area (Å²) in [6.07, 6.45) is 0. The summed E-state index contributed by atoms with van der Waals surface area (Å²) < 4.78 is 0. The molecule has 1 atom stereocenters. The minimum Gasteiger partial charge on any atom is -0.320 e. The third kappa shape index (κ3) is 1.99. The van der Waals surface area contributed by atoms with Crippen LogP contribution in [0.25, 0.3) is 0 Å². The van der Waals surface area contributed by atoms with Crippen molar-refractivity contribution in [2.75, 3.05) is 5.32 Å². The molecule has 0 unspecified atom stereocenters. The van der Waals surface area contributed by atoms with Gasteiger partial charge >= 0.3 is 0 Å². The van der Waals surface area contributed by atoms with Crippen LogP contribution < -0.4 is 11.1 Å². The molecule has 0 saturated heterocycles. The van der Waals surface area contributed by atoms with E-state index in [1.165, 1.54) is 4.80 Å². The number of rotatable bonds is 2. The third-order valence-corrected chi connectivity index (χ3v) is 1.16. The predicted molar refractivity (Wildman–Crippen MR) is 41.1 cm³/mol. The molecule has 1 aromatic heterocycles. The van der Waals surface area contributed by atoms with E-state index in [4.69, 9.17) is 5.73 Å². The Kier molecular flexibility index (Phi) is 2.34. The third-order valence-electron chi connectivity index (χ3n) is 1.16. The van der Waals surface area contributed by atoms with Gasteiger partial charge in [0.05, 0.1) is 13.1 Å². The fourth-order valence-electron chi connectivity index (χ4n) is 0.558. The maximum atomic E-state index is 11.0. The Morgan fingerprint density at radius 3 is 2.83 bits per heavy atom. The van der Waals surface area contributed by atoms with Gasteiger partial charge in [-0.05, 0) is 12.1 Å². The van der Waals surface area contributed by atoms with Crippen LogP contribution in [0, 0.1) is 0 Å². The molecule has 7 nitrogen and oxygen atoms in total. The number of aromatic nitrogens is 4. The van der Waals surface area contributed by atoms with Crippen molar-refractivity contribution in [3.63, 3.8) is 0 Å². The minimum atomic E-state index is -0.575. The molecule has 0 bridgehead atoms. The van der Waals surface area contributed by atoms with Crippen molar-refractivity contribution in [3.8, 4) is 0 Å². The van der Waals surface area contributed by atoms with Crippen LogP contribution in [-0.2, 0) is 11.8 Å². The molecular formula is C5H10N6O. The molecule has 7 heteroatoms. The first kappa shape index (κ1) is 8.60. The quantitative estimate of drug-likeness (QED) is 0.562. The van der Waals surface area contributed by atoms with Crippen LogP contribution in [0.2, 0.25) is 0 Å². The van der Waals surface area contributed by atoms with E-state index < -0.39 is 6.04 Å². The van der Waals surface area contributed by atoms with Crippen LogP contribution in [0.3, 0.4) is 0 Å². The monoisotopic (exact) mass is 170 g/mol. The fourth-order valence-corrected chi connectivity index (χ4v) is 0.558. The maximum absolute atomic E-state index is 11.0. The van der Waals surface area contributed by atoms with Gasteiger partial charge in [-0.3, -0.25) is 10.1 Å². The van der Waals surface area contributed by atoms with E-state index in [0.717, 1.165) is 0 Å². The number of hydrogen-bond donors (Lipinski definition) is 2. The average molecular weight is 170 g/mol. The molecule has 1 rings (SSSR count). The van der Waals surface area contributed by atoms with E-state index in [9.17, 15) is 4.79 Å². The molecule has 0 aliphatic carbocycles. The highest BCUT2D eigenvalue weighted by molar-refractivity contribution is 5.92. The van der Waals surface area contributed by atoms with Crippen LogP contribution >= 0.6 is 0 Å². The molecule has 1 aromatic rings. The first-order chi connectivity index (χ1) is 5.59. The second-order valence-electron chi connectivity index (χ2n) is 2.38. The zero-order valence-electron chi connectivity index (χ0n) is 6.85. The molecule has 66 valence electrons. The number of nitrogens with one attached hydrogen (secondary N) is 1. The molecular weight excluding hydrogens is 160 g/mol. The zero-order chi connectivity index (χ0) is 9.14. The van der Waals surface area contributed by atoms with Crippen molar-refractivity contribution in [2.24, 2.45) is 12.8 Å². The Labute approximate surface area is 68.9 Å². The minimum absolute atomic E-state index is 0.166. The van der Waals surface area contributed by atoms with Gasteiger partial charge in [0.1, 0.15) is 0 Å². The Hall–Kier alpha value is -1.50. The van der Waals surface area contributed by atoms with Crippen molar-refractivity contribution in [3.05, 3.63) is 0 Å². The number of carbonyl (C=O) groups is 1. The average Bonchev–Trinajstić information content (AvgIpc) is 2.35. The number of nitrogens with two attached hydrogens (primary N) is 1. The summed E-state index contributed by atoms with van der Waals surface area (Å²) in [5.41, 5.74) is 5.30. The van der Waals surface area contributed by atoms with Crippen molar-refractivity contribution >= 4 is 11.9 Å². The lowest BCUT2D eigenvalue weighted by Crippen LogP contribution is -2.32. The van der Waals surface area contributed by atoms with Gasteiger partial charge in [-0.2, -0.15) is 4.80 Å². The van der Waals surface area contributed by atoms with Gasteiger partial charge in [-0.15, -0.1) is 5.10 Å². The van der Waals surface area contributed by atoms with Crippen molar-refractivity contribution in [2.45, 2.75) is 13.0 Å². The zero-order valence-corrected chi connectivity index (χ0v) is 6.85. The van der Waals surface area contributed by atoms with E-state index in [0.29, 0.717) is 0 Å². The lowest BCUT2D eigenvalue weighted by molar-refractivity contribution is -0.117. The van der Waals surface area contributed by atoms with Crippen molar-refractivity contribution < 1.29 is 4.79 Å². The lowest BCUT2D eigenvalue weighted by atomic mass is 10.3. The molecule has 12 heavy (non-hydrogen) atoms. The van der Waals surface area contributed by atoms with Crippen LogP contribution in [0.1, 0.15) is 6.92 Å². The molecule has 0 radical (unpaired) electrons. The molecule has 0 aromatic carbocycles. The number of hydrogen-bond acceptors (Lipinski definition) is 5. The van der Waals surface area contributed by atoms with Gasteiger partial charge in [-0.1, -0.05) is 5.10 Å². The Bertz CT molecular complexity index is 279. The van der Waals surface area contributed by atoms with Gasteiger partial charge in [0, 0.05) is 0 Å². The van der Waals surface area contributed by atoms with Crippen LogP contribution in [0.5, 0.6) is 0 Å². The molecule has 0 aliphatic heterocycles. The smallest absolute Gasteiger partial charge is 0.270 e. The van der Waals surface area contributed by atoms with Gasteiger partial charge in [0.15, 0.2) is 0 Å². The number of carbonyl (C=O) groups excluding carboxylic acids is 1. The molecule has 0 saturated carbocycles. The van der Waals surface area contributed by atoms with Gasteiger partial charge in [0.25, 0.3) is 5.95 Å². The molecule has 0 fully saturated rings. The second kappa shape index (κ2) is 3.26. The molecule has 0 aliphatic rings. The highest BCUT2D eigenvalue weighted by Gasteiger charge is 2.09. The summed E-state index contributed by atoms with van der Waals surface area (Å²) >= 11 is 0. The molecule has 3 N–H and O–H groups in total. The van der Waals surface area contributed by atoms with Crippen LogP contribution in [0.15, 0.2) is 0 Å². The van der Waals surface area contributed by atoms with E-state index in [-0.39, 0.29) is 11.9 Å². The van der Waals surface area contributed by atoms with Crippen molar-refractivity contribution in [1.82, 2.24) is 20.2 Å². The van der Waals surface area contributed by atoms with Gasteiger partial charge in [-0.25, -0.2) is 0 Å². The fraction of sp³-hybridized carbons (Fsp3) is 0.600. The van der Waals surface area contributed by atoms with Gasteiger partial charge in [0.2, 0.25) is 5.91 Å². The lowest BCUT2D eigenvalue weighted by Gasteiger charge is -2.01. The topological polar surface area (TPSA) is 98.7 Å². The van der Waals surface area contributed by atoms with E-state index in [1.807, 2.05) is 0 Å². The first-order valence-corrected chi connectivity index (χ1v) is 3.40. The summed E-state index contributed by atoms with van der Waals surface area (Å²) in [7, 11) is 1.61. The number of amides is 1. The Morgan fingerprint density at radius 1 is 1.75 bits per heavy atom. The van der Waals surface area contributed by atoms with Gasteiger partial charge < -0.3 is 5.73 Å². The van der Waals surface area contributed by atoms with E-state index in [2.05, 4.69) is 20.7 Å². The molecule has 1 heterocycles. The van der Waals surface area contributed by atoms with Crippen LogP contribution in [0.4, 0.5) is 5.95 Å². The highest BCUT2D eigenvalue weighted by atomic mass is 16.2. The summed E-state index contributed by atoms with van der Waals surface area (Å²) in [4.78, 5) is 12.2. The van der Waals surface area contributed by atoms with Crippen molar-refractivity contribution in [1.29, 1.82) is 0 Å². The summed E-state index contributed by atoms with van der Waals surface area (Å²) in [6, 6.07) is -0.575. The maximum Gasteiger partial charge on any atom is 0.270 e. The second-order valence-corrected chi connectivity index (χ2v) is 2.38. The summed E-state index contributed by atoms with van der Waals surface area (Å²) in [6.45, 7) is 1.58. The Morgan fingerprint density at radius 2 is 2.42 bits per heavy atom. The summed E-state index contributed by atoms with van der Waals surface area (Å²) in [5.74, 6) is -0.164. The number of anilines is 1.